The molecule has 10 heteroatoms. The molecular weight excluding hydrogens is 489 g/mol. The van der Waals surface area contributed by atoms with Gasteiger partial charge in [0.05, 0.1) is 12.1 Å². The third kappa shape index (κ3) is 5.91. The van der Waals surface area contributed by atoms with E-state index in [1.807, 2.05) is 20.8 Å². The van der Waals surface area contributed by atoms with E-state index < -0.39 is 28.2 Å². The maximum atomic E-state index is 13.7. The molecule has 3 heterocycles. The molecule has 1 aromatic carbocycles. The smallest absolute Gasteiger partial charge is 0.268 e. The van der Waals surface area contributed by atoms with E-state index in [0.717, 1.165) is 11.1 Å². The van der Waals surface area contributed by atoms with Crippen molar-refractivity contribution in [2.45, 2.75) is 52.6 Å². The third-order valence-electron chi connectivity index (χ3n) is 6.60. The zero-order valence-electron chi connectivity index (χ0n) is 21.7. The number of halogens is 1. The number of benzene rings is 1. The number of hydrogen-bond acceptors (Lipinski definition) is 6. The number of hydrogen-bond donors (Lipinski definition) is 4. The van der Waals surface area contributed by atoms with Gasteiger partial charge in [-0.1, -0.05) is 32.9 Å². The van der Waals surface area contributed by atoms with Crippen LogP contribution in [0.4, 0.5) is 4.39 Å². The Morgan fingerprint density at radius 2 is 1.95 bits per heavy atom. The van der Waals surface area contributed by atoms with Gasteiger partial charge in [-0.3, -0.25) is 19.1 Å². The summed E-state index contributed by atoms with van der Waals surface area (Å²) in [5.74, 6) is -1.05. The molecule has 200 valence electrons. The molecule has 0 bridgehead atoms. The number of pyridine rings is 2. The van der Waals surface area contributed by atoms with Crippen molar-refractivity contribution in [2.24, 2.45) is 5.41 Å². The number of H-pyrrole nitrogens is 1. The normalized spacial score (nSPS) is 12.6. The van der Waals surface area contributed by atoms with Gasteiger partial charge in [0, 0.05) is 31.2 Å². The number of nitrogens with zero attached hydrogens (tertiary/aromatic N) is 3. The van der Waals surface area contributed by atoms with Gasteiger partial charge >= 0.3 is 0 Å². The quantitative estimate of drug-likeness (QED) is 0.252. The van der Waals surface area contributed by atoms with Crippen LogP contribution in [0.5, 0.6) is 5.75 Å². The minimum Gasteiger partial charge on any atom is -0.505 e. The summed E-state index contributed by atoms with van der Waals surface area (Å²) in [7, 11) is 0. The van der Waals surface area contributed by atoms with Gasteiger partial charge in [-0.05, 0) is 54.0 Å². The van der Waals surface area contributed by atoms with Crippen molar-refractivity contribution in [3.05, 3.63) is 87.6 Å². The third-order valence-corrected chi connectivity index (χ3v) is 6.60. The van der Waals surface area contributed by atoms with E-state index in [1.54, 1.807) is 36.8 Å². The van der Waals surface area contributed by atoms with Crippen LogP contribution < -0.4 is 10.9 Å². The van der Waals surface area contributed by atoms with E-state index in [-0.39, 0.29) is 30.5 Å². The van der Waals surface area contributed by atoms with Crippen molar-refractivity contribution in [3.63, 3.8) is 0 Å². The second-order valence-electron chi connectivity index (χ2n) is 10.3. The lowest BCUT2D eigenvalue weighted by atomic mass is 9.86. The zero-order chi connectivity index (χ0) is 27.4. The van der Waals surface area contributed by atoms with E-state index in [2.05, 4.69) is 20.3 Å². The second-order valence-corrected chi connectivity index (χ2v) is 10.3. The van der Waals surface area contributed by atoms with Gasteiger partial charge in [-0.15, -0.1) is 0 Å². The van der Waals surface area contributed by atoms with E-state index in [0.29, 0.717) is 30.6 Å². The molecule has 0 aliphatic rings. The van der Waals surface area contributed by atoms with Crippen LogP contribution >= 0.6 is 0 Å². The van der Waals surface area contributed by atoms with Crippen LogP contribution in [0.3, 0.4) is 0 Å². The highest BCUT2D eigenvalue weighted by Crippen LogP contribution is 2.27. The zero-order valence-corrected chi connectivity index (χ0v) is 21.7. The molecule has 1 atom stereocenters. The number of aromatic hydroxyl groups is 1. The van der Waals surface area contributed by atoms with Crippen LogP contribution in [0.1, 0.15) is 60.9 Å². The number of aromatic amines is 1. The Morgan fingerprint density at radius 3 is 2.58 bits per heavy atom. The molecule has 0 spiro atoms. The summed E-state index contributed by atoms with van der Waals surface area (Å²) in [5, 5.41) is 23.6. The summed E-state index contributed by atoms with van der Waals surface area (Å²) in [5.41, 5.74) is 0.529. The van der Waals surface area contributed by atoms with Gasteiger partial charge in [0.1, 0.15) is 22.7 Å². The lowest BCUT2D eigenvalue weighted by Crippen LogP contribution is -2.41. The summed E-state index contributed by atoms with van der Waals surface area (Å²) in [6.45, 7) is 5.65. The number of rotatable bonds is 10. The van der Waals surface area contributed by atoms with E-state index in [9.17, 15) is 24.2 Å². The van der Waals surface area contributed by atoms with Crippen molar-refractivity contribution in [1.29, 1.82) is 0 Å². The molecule has 4 N–H and O–H groups in total. The summed E-state index contributed by atoms with van der Waals surface area (Å²) in [6, 6.07) is 7.50. The monoisotopic (exact) mass is 521 g/mol. The van der Waals surface area contributed by atoms with Crippen molar-refractivity contribution < 1.29 is 19.4 Å². The lowest BCUT2D eigenvalue weighted by molar-refractivity contribution is 0.0894. The van der Waals surface area contributed by atoms with Crippen LogP contribution in [-0.4, -0.2) is 48.3 Å². The lowest BCUT2D eigenvalue weighted by Gasteiger charge is -2.28. The van der Waals surface area contributed by atoms with Crippen LogP contribution in [0.25, 0.3) is 11.0 Å². The summed E-state index contributed by atoms with van der Waals surface area (Å²) in [4.78, 5) is 38.6. The predicted molar refractivity (Wildman–Crippen MR) is 142 cm³/mol. The average molecular weight is 522 g/mol. The molecule has 0 saturated carbocycles. The Balaban J connectivity index is 1.78. The topological polar surface area (TPSA) is 133 Å². The van der Waals surface area contributed by atoms with Gasteiger partial charge in [0.25, 0.3) is 11.5 Å². The number of amides is 1. The Bertz CT molecular complexity index is 1480. The van der Waals surface area contributed by atoms with Crippen LogP contribution in [-0.2, 0) is 13.0 Å². The highest BCUT2D eigenvalue weighted by Gasteiger charge is 2.28. The fourth-order valence-electron chi connectivity index (χ4n) is 4.46. The maximum Gasteiger partial charge on any atom is 0.268 e. The first-order valence-electron chi connectivity index (χ1n) is 12.5. The summed E-state index contributed by atoms with van der Waals surface area (Å²) < 4.78 is 14.7. The first-order chi connectivity index (χ1) is 18.1. The molecule has 4 rings (SSSR count). The number of nitrogens with one attached hydrogen (secondary N) is 2. The summed E-state index contributed by atoms with van der Waals surface area (Å²) in [6.07, 6.45) is 6.25. The van der Waals surface area contributed by atoms with Gasteiger partial charge in [0.2, 0.25) is 0 Å². The molecule has 0 saturated heterocycles. The minimum absolute atomic E-state index is 0.0271. The molecule has 1 unspecified atom stereocenters. The van der Waals surface area contributed by atoms with Crippen molar-refractivity contribution in [2.75, 3.05) is 6.61 Å². The fraction of sp³-hybridized carbons (Fsp3) is 0.357. The van der Waals surface area contributed by atoms with Gasteiger partial charge in [0.15, 0.2) is 5.75 Å². The van der Waals surface area contributed by atoms with Crippen LogP contribution in [0, 0.1) is 11.2 Å². The molecule has 0 radical (unpaired) electrons. The molecule has 0 aliphatic carbocycles. The second kappa shape index (κ2) is 11.1. The van der Waals surface area contributed by atoms with Crippen LogP contribution in [0.2, 0.25) is 0 Å². The standard InChI is InChI=1S/C28H32FN5O4/c1-4-20(13-28(2,3)16-35)33-26(37)23-25(36)24-21(34(27(23)38)15-22-30-9-10-31-22)12-18(14-32-24)11-17-5-7-19(29)8-6-17/h5-10,12,14,20,35-36H,4,11,13,15-16H2,1-3H3,(H,30,31)(H,33,37). The highest BCUT2D eigenvalue weighted by molar-refractivity contribution is 6.01. The van der Waals surface area contributed by atoms with Gasteiger partial charge in [-0.25, -0.2) is 9.37 Å². The Kier molecular flexibility index (Phi) is 7.91. The Labute approximate surface area is 219 Å². The molecule has 0 fully saturated rings. The van der Waals surface area contributed by atoms with Crippen LogP contribution in [0.15, 0.2) is 53.7 Å². The number of fused-ring (bicyclic) bond motifs is 1. The van der Waals surface area contributed by atoms with E-state index in [1.165, 1.54) is 16.7 Å². The molecular formula is C28H32FN5O4. The maximum absolute atomic E-state index is 13.7. The molecule has 38 heavy (non-hydrogen) atoms. The number of aromatic nitrogens is 4. The first kappa shape index (κ1) is 27.0. The number of carbonyl (C=O) groups excluding carboxylic acids is 1. The molecule has 0 aliphatic heterocycles. The largest absolute Gasteiger partial charge is 0.505 e. The first-order valence-corrected chi connectivity index (χ1v) is 12.5. The molecule has 9 nitrogen and oxygen atoms in total. The highest BCUT2D eigenvalue weighted by atomic mass is 19.1. The van der Waals surface area contributed by atoms with Gasteiger partial charge < -0.3 is 20.5 Å². The van der Waals surface area contributed by atoms with Crippen molar-refractivity contribution in [1.82, 2.24) is 24.8 Å². The van der Waals surface area contributed by atoms with Crippen molar-refractivity contribution >= 4 is 16.9 Å². The number of imidazole rings is 1. The Morgan fingerprint density at radius 1 is 1.21 bits per heavy atom. The number of aliphatic hydroxyl groups is 1. The Hall–Kier alpha value is -4.05. The molecule has 4 aromatic rings. The fourth-order valence-corrected chi connectivity index (χ4v) is 4.46. The van der Waals surface area contributed by atoms with Crippen molar-refractivity contribution in [3.8, 4) is 5.75 Å². The van der Waals surface area contributed by atoms with E-state index in [4.69, 9.17) is 0 Å². The summed E-state index contributed by atoms with van der Waals surface area (Å²) >= 11 is 0. The minimum atomic E-state index is -0.708. The SMILES string of the molecule is CCC(CC(C)(C)CO)NC(=O)c1c(O)c2ncc(Cc3ccc(F)cc3)cc2n(Cc2ncc[nH]2)c1=O. The van der Waals surface area contributed by atoms with E-state index >= 15 is 0 Å². The predicted octanol–water partition coefficient (Wildman–Crippen LogP) is 3.52. The number of aliphatic hydroxyl groups excluding tert-OH is 1. The number of carbonyl (C=O) groups is 1. The van der Waals surface area contributed by atoms with Gasteiger partial charge in [-0.2, -0.15) is 0 Å². The average Bonchev–Trinajstić information content (AvgIpc) is 3.41. The molecule has 3 aromatic heterocycles. The molecule has 1 amide bonds.